The largest absolute Gasteiger partial charge is 0.392 e. The van der Waals surface area contributed by atoms with E-state index in [1.54, 1.807) is 0 Å². The van der Waals surface area contributed by atoms with E-state index < -0.39 is 0 Å². The van der Waals surface area contributed by atoms with Gasteiger partial charge in [-0.2, -0.15) is 5.10 Å². The van der Waals surface area contributed by atoms with E-state index in [2.05, 4.69) is 20.3 Å². The van der Waals surface area contributed by atoms with Gasteiger partial charge in [0, 0.05) is 5.56 Å². The number of aromatic amines is 1. The Balaban J connectivity index is 2.08. The summed E-state index contributed by atoms with van der Waals surface area (Å²) >= 11 is 1.39. The third kappa shape index (κ3) is 2.70. The van der Waals surface area contributed by atoms with Gasteiger partial charge in [-0.05, 0) is 37.7 Å². The summed E-state index contributed by atoms with van der Waals surface area (Å²) < 4.78 is 1.82. The topological polar surface area (TPSA) is 79.6 Å². The number of nitrogens with one attached hydrogen (secondary N) is 1. The second-order valence-corrected chi connectivity index (χ2v) is 5.54. The first-order chi connectivity index (χ1) is 10.2. The number of aliphatic hydroxyl groups is 1. The van der Waals surface area contributed by atoms with E-state index >= 15 is 0 Å². The van der Waals surface area contributed by atoms with E-state index in [0.29, 0.717) is 5.16 Å². The number of rotatable bonds is 4. The van der Waals surface area contributed by atoms with Crippen LogP contribution in [0.1, 0.15) is 17.1 Å². The molecule has 0 aliphatic carbocycles. The van der Waals surface area contributed by atoms with Crippen LogP contribution in [-0.4, -0.2) is 30.1 Å². The van der Waals surface area contributed by atoms with Crippen molar-refractivity contribution in [1.29, 1.82) is 0 Å². The molecular formula is C14H15N5OS. The zero-order valence-corrected chi connectivity index (χ0v) is 12.6. The molecule has 2 N–H and O–H groups in total. The summed E-state index contributed by atoms with van der Waals surface area (Å²) in [5, 5.41) is 22.5. The zero-order valence-electron chi connectivity index (χ0n) is 11.7. The molecule has 1 aromatic carbocycles. The van der Waals surface area contributed by atoms with Crippen molar-refractivity contribution in [1.82, 2.24) is 25.0 Å². The van der Waals surface area contributed by atoms with Crippen LogP contribution in [-0.2, 0) is 6.61 Å². The number of hydrogen-bond acceptors (Lipinski definition) is 5. The number of H-pyrrole nitrogens is 1. The highest BCUT2D eigenvalue weighted by Gasteiger charge is 2.18. The molecule has 0 amide bonds. The Bertz CT molecular complexity index is 750. The van der Waals surface area contributed by atoms with E-state index in [0.717, 1.165) is 27.8 Å². The molecule has 0 bridgehead atoms. The van der Waals surface area contributed by atoms with Crippen molar-refractivity contribution in [2.45, 2.75) is 30.6 Å². The molecule has 21 heavy (non-hydrogen) atoms. The summed E-state index contributed by atoms with van der Waals surface area (Å²) in [7, 11) is 0. The normalized spacial score (nSPS) is 11.0. The van der Waals surface area contributed by atoms with Crippen molar-refractivity contribution in [2.24, 2.45) is 0 Å². The van der Waals surface area contributed by atoms with Crippen LogP contribution in [0.15, 0.2) is 40.5 Å². The Kier molecular flexibility index (Phi) is 3.76. The SMILES string of the molecule is Cc1nc(Sc2c(CO)c(C)nn2-c2ccccc2)n[nH]1. The number of hydrogen-bond donors (Lipinski definition) is 2. The fraction of sp³-hybridized carbons (Fsp3) is 0.214. The first-order valence-corrected chi connectivity index (χ1v) is 7.32. The molecule has 3 rings (SSSR count). The average molecular weight is 301 g/mol. The van der Waals surface area contributed by atoms with Crippen molar-refractivity contribution >= 4 is 11.8 Å². The minimum atomic E-state index is -0.0651. The fourth-order valence-electron chi connectivity index (χ4n) is 2.02. The Hall–Kier alpha value is -2.12. The Morgan fingerprint density at radius 2 is 2.00 bits per heavy atom. The number of aryl methyl sites for hydroxylation is 2. The summed E-state index contributed by atoms with van der Waals surface area (Å²) in [5.41, 5.74) is 2.54. The molecular weight excluding hydrogens is 286 g/mol. The highest BCUT2D eigenvalue weighted by Crippen LogP contribution is 2.32. The number of aromatic nitrogens is 5. The molecule has 2 heterocycles. The molecule has 0 aliphatic heterocycles. The molecule has 0 fully saturated rings. The highest BCUT2D eigenvalue weighted by atomic mass is 32.2. The molecule has 0 aliphatic rings. The minimum Gasteiger partial charge on any atom is -0.392 e. The smallest absolute Gasteiger partial charge is 0.214 e. The first kappa shape index (κ1) is 13.8. The highest BCUT2D eigenvalue weighted by molar-refractivity contribution is 7.99. The molecule has 0 saturated heterocycles. The molecule has 0 atom stereocenters. The molecule has 0 unspecified atom stereocenters. The summed E-state index contributed by atoms with van der Waals surface area (Å²) in [4.78, 5) is 4.30. The zero-order chi connectivity index (χ0) is 14.8. The van der Waals surface area contributed by atoms with Crippen LogP contribution in [0.4, 0.5) is 0 Å². The predicted octanol–water partition coefficient (Wildman–Crippen LogP) is 2.25. The van der Waals surface area contributed by atoms with E-state index in [1.165, 1.54) is 11.8 Å². The minimum absolute atomic E-state index is 0.0651. The van der Waals surface area contributed by atoms with Gasteiger partial charge in [-0.15, -0.1) is 5.10 Å². The van der Waals surface area contributed by atoms with E-state index in [1.807, 2.05) is 48.9 Å². The van der Waals surface area contributed by atoms with Crippen LogP contribution in [0.3, 0.4) is 0 Å². The molecule has 0 saturated carbocycles. The van der Waals surface area contributed by atoms with Gasteiger partial charge >= 0.3 is 0 Å². The summed E-state index contributed by atoms with van der Waals surface area (Å²) in [6.07, 6.45) is 0. The van der Waals surface area contributed by atoms with Gasteiger partial charge in [0.15, 0.2) is 0 Å². The molecule has 6 nitrogen and oxygen atoms in total. The number of benzene rings is 1. The fourth-order valence-corrected chi connectivity index (χ4v) is 3.04. The lowest BCUT2D eigenvalue weighted by Crippen LogP contribution is -1.99. The van der Waals surface area contributed by atoms with Crippen LogP contribution in [0.25, 0.3) is 5.69 Å². The maximum atomic E-state index is 9.63. The Labute approximate surface area is 126 Å². The lowest BCUT2D eigenvalue weighted by molar-refractivity contribution is 0.278. The molecule has 0 radical (unpaired) electrons. The maximum Gasteiger partial charge on any atom is 0.214 e. The van der Waals surface area contributed by atoms with Gasteiger partial charge < -0.3 is 5.11 Å². The predicted molar refractivity (Wildman–Crippen MR) is 79.5 cm³/mol. The van der Waals surface area contributed by atoms with Crippen LogP contribution >= 0.6 is 11.8 Å². The van der Waals surface area contributed by atoms with Gasteiger partial charge in [-0.1, -0.05) is 18.2 Å². The van der Waals surface area contributed by atoms with Crippen LogP contribution in [0.5, 0.6) is 0 Å². The van der Waals surface area contributed by atoms with E-state index in [4.69, 9.17) is 0 Å². The van der Waals surface area contributed by atoms with Gasteiger partial charge in [0.05, 0.1) is 18.0 Å². The third-order valence-corrected chi connectivity index (χ3v) is 4.04. The molecule has 7 heteroatoms. The van der Waals surface area contributed by atoms with Gasteiger partial charge in [0.25, 0.3) is 0 Å². The molecule has 3 aromatic rings. The van der Waals surface area contributed by atoms with Crippen LogP contribution in [0.2, 0.25) is 0 Å². The second kappa shape index (κ2) is 5.71. The second-order valence-electron chi connectivity index (χ2n) is 4.58. The lowest BCUT2D eigenvalue weighted by Gasteiger charge is -2.06. The molecule has 2 aromatic heterocycles. The molecule has 108 valence electrons. The summed E-state index contributed by atoms with van der Waals surface area (Å²) in [6, 6.07) is 9.81. The van der Waals surface area contributed by atoms with Gasteiger partial charge in [-0.25, -0.2) is 9.67 Å². The number of aliphatic hydroxyl groups excluding tert-OH is 1. The molecule has 0 spiro atoms. The summed E-state index contributed by atoms with van der Waals surface area (Å²) in [5.74, 6) is 0.755. The van der Waals surface area contributed by atoms with Crippen molar-refractivity contribution in [3.8, 4) is 5.69 Å². The van der Waals surface area contributed by atoms with Crippen molar-refractivity contribution in [3.63, 3.8) is 0 Å². The van der Waals surface area contributed by atoms with Crippen molar-refractivity contribution in [3.05, 3.63) is 47.4 Å². The van der Waals surface area contributed by atoms with E-state index in [-0.39, 0.29) is 6.61 Å². The van der Waals surface area contributed by atoms with E-state index in [9.17, 15) is 5.11 Å². The maximum absolute atomic E-state index is 9.63. The monoisotopic (exact) mass is 301 g/mol. The summed E-state index contributed by atoms with van der Waals surface area (Å²) in [6.45, 7) is 3.67. The van der Waals surface area contributed by atoms with Crippen molar-refractivity contribution in [2.75, 3.05) is 0 Å². The van der Waals surface area contributed by atoms with Crippen LogP contribution < -0.4 is 0 Å². The van der Waals surface area contributed by atoms with Gasteiger partial charge in [0.1, 0.15) is 10.9 Å². The quantitative estimate of drug-likeness (QED) is 0.772. The number of para-hydroxylation sites is 1. The lowest BCUT2D eigenvalue weighted by atomic mass is 10.3. The number of nitrogens with zero attached hydrogens (tertiary/aromatic N) is 4. The first-order valence-electron chi connectivity index (χ1n) is 6.50. The van der Waals surface area contributed by atoms with Crippen LogP contribution in [0, 0.1) is 13.8 Å². The standard InChI is InChI=1S/C14H15N5OS/c1-9-12(8-20)13(21-14-15-10(2)16-17-14)19(18-9)11-6-4-3-5-7-11/h3-7,20H,8H2,1-2H3,(H,15,16,17). The third-order valence-electron chi connectivity index (χ3n) is 3.06. The van der Waals surface area contributed by atoms with Gasteiger partial charge in [0.2, 0.25) is 5.16 Å². The van der Waals surface area contributed by atoms with Gasteiger partial charge in [-0.3, -0.25) is 5.10 Å². The van der Waals surface area contributed by atoms with Crippen molar-refractivity contribution < 1.29 is 5.11 Å². The Morgan fingerprint density at radius 1 is 1.24 bits per heavy atom. The Morgan fingerprint density at radius 3 is 2.62 bits per heavy atom. The average Bonchev–Trinajstić information content (AvgIpc) is 3.04.